The molecule has 2 N–H and O–H groups in total. The van der Waals surface area contributed by atoms with Crippen LogP contribution in [0.3, 0.4) is 0 Å². The predicted octanol–water partition coefficient (Wildman–Crippen LogP) is 4.18. The van der Waals surface area contributed by atoms with Crippen molar-refractivity contribution >= 4 is 0 Å². The maximum absolute atomic E-state index is 7.00. The van der Waals surface area contributed by atoms with Crippen LogP contribution < -0.4 is 0 Å². The Morgan fingerprint density at radius 1 is 0.889 bits per heavy atom. The Labute approximate surface area is 131 Å². The van der Waals surface area contributed by atoms with E-state index < -0.39 is 0 Å². The van der Waals surface area contributed by atoms with Crippen LogP contribution in [0.4, 0.5) is 0 Å². The van der Waals surface area contributed by atoms with E-state index in [4.69, 9.17) is 10.2 Å². The minimum absolute atomic E-state index is 0. The van der Waals surface area contributed by atoms with E-state index >= 15 is 0 Å². The summed E-state index contributed by atoms with van der Waals surface area (Å²) >= 11 is 0. The molecule has 110 valence electrons. The number of aliphatic hydroxyl groups excluding tert-OH is 2. The molecular formula is C15H34O2Ti. The zero-order valence-electron chi connectivity index (χ0n) is 12.9. The minimum Gasteiger partial charge on any atom is -0.400 e. The molecule has 0 rings (SSSR count). The molecule has 0 heterocycles. The Morgan fingerprint density at radius 3 is 1.67 bits per heavy atom. The first-order valence-electron chi connectivity index (χ1n) is 6.25. The molecule has 0 aliphatic carbocycles. The van der Waals surface area contributed by atoms with Gasteiger partial charge in [-0.3, -0.25) is 0 Å². The summed E-state index contributed by atoms with van der Waals surface area (Å²) in [6.45, 7) is 5.93. The zero-order valence-corrected chi connectivity index (χ0v) is 14.5. The maximum Gasteiger partial charge on any atom is 2.00 e. The standard InChI is InChI=1S/C12H23.2CH4O.CH3.Ti/c1-3-5-7-9-11-12-10-8-6-4-2;2*1-2;;/h3,5H,1,4,6-12H2,2H3;2*2H,1H3;1H3;/q-1;;;-1;+2. The number of aliphatic hydroxyl groups is 2. The molecule has 0 aromatic rings. The molecule has 0 spiro atoms. The molecule has 0 fully saturated rings. The molecule has 0 saturated heterocycles. The van der Waals surface area contributed by atoms with Gasteiger partial charge in [0.05, 0.1) is 0 Å². The van der Waals surface area contributed by atoms with Crippen LogP contribution in [0.5, 0.6) is 0 Å². The molecule has 18 heavy (non-hydrogen) atoms. The van der Waals surface area contributed by atoms with Crippen LogP contribution in [0.15, 0.2) is 12.7 Å². The van der Waals surface area contributed by atoms with Gasteiger partial charge in [-0.15, -0.1) is 6.42 Å². The third kappa shape index (κ3) is 44.2. The van der Waals surface area contributed by atoms with Gasteiger partial charge in [-0.05, 0) is 0 Å². The summed E-state index contributed by atoms with van der Waals surface area (Å²) in [4.78, 5) is 0. The Hall–Kier alpha value is 0.244. The van der Waals surface area contributed by atoms with Gasteiger partial charge < -0.3 is 17.6 Å². The van der Waals surface area contributed by atoms with E-state index in [1.165, 1.54) is 51.4 Å². The minimum atomic E-state index is 0. The fourth-order valence-corrected chi connectivity index (χ4v) is 1.34. The third-order valence-electron chi connectivity index (χ3n) is 2.14. The van der Waals surface area contributed by atoms with Gasteiger partial charge in [0.15, 0.2) is 0 Å². The maximum atomic E-state index is 7.00. The van der Waals surface area contributed by atoms with Crippen LogP contribution in [-0.4, -0.2) is 24.4 Å². The molecule has 3 heteroatoms. The van der Waals surface area contributed by atoms with Gasteiger partial charge in [-0.2, -0.15) is 0 Å². The quantitative estimate of drug-likeness (QED) is 0.380. The van der Waals surface area contributed by atoms with Crippen molar-refractivity contribution in [2.24, 2.45) is 0 Å². The third-order valence-corrected chi connectivity index (χ3v) is 2.14. The van der Waals surface area contributed by atoms with E-state index in [1.54, 1.807) is 0 Å². The summed E-state index contributed by atoms with van der Waals surface area (Å²) in [7, 11) is 2.00. The van der Waals surface area contributed by atoms with Crippen molar-refractivity contribution in [2.75, 3.05) is 14.2 Å². The average Bonchev–Trinajstić information content (AvgIpc) is 2.38. The fraction of sp³-hybridized carbons (Fsp3) is 0.733. The van der Waals surface area contributed by atoms with E-state index in [0.717, 1.165) is 14.2 Å². The van der Waals surface area contributed by atoms with Crippen molar-refractivity contribution in [1.29, 1.82) is 0 Å². The second kappa shape index (κ2) is 43.4. The van der Waals surface area contributed by atoms with Crippen molar-refractivity contribution < 1.29 is 31.9 Å². The summed E-state index contributed by atoms with van der Waals surface area (Å²) in [6.07, 6.45) is 15.1. The van der Waals surface area contributed by atoms with Crippen LogP contribution in [0.2, 0.25) is 0 Å². The summed E-state index contributed by atoms with van der Waals surface area (Å²) in [5.41, 5.74) is 0. The molecule has 0 radical (unpaired) electrons. The molecule has 0 atom stereocenters. The largest absolute Gasteiger partial charge is 2.00 e. The van der Waals surface area contributed by atoms with Crippen molar-refractivity contribution in [1.82, 2.24) is 0 Å². The molecule has 0 aliphatic rings. The van der Waals surface area contributed by atoms with Crippen molar-refractivity contribution in [3.05, 3.63) is 26.5 Å². The summed E-state index contributed by atoms with van der Waals surface area (Å²) in [5.74, 6) is 0. The van der Waals surface area contributed by atoms with Gasteiger partial charge in [0.1, 0.15) is 0 Å². The number of hydrogen-bond donors (Lipinski definition) is 2. The summed E-state index contributed by atoms with van der Waals surface area (Å²) in [5, 5.41) is 14.0. The number of allylic oxidation sites excluding steroid dienone is 1. The van der Waals surface area contributed by atoms with Gasteiger partial charge in [0.25, 0.3) is 0 Å². The van der Waals surface area contributed by atoms with E-state index in [0.29, 0.717) is 0 Å². The second-order valence-electron chi connectivity index (χ2n) is 3.38. The first-order chi connectivity index (χ1) is 7.91. The molecule has 2 nitrogen and oxygen atoms in total. The zero-order chi connectivity index (χ0) is 13.1. The molecule has 0 bridgehead atoms. The van der Waals surface area contributed by atoms with E-state index in [-0.39, 0.29) is 29.1 Å². The van der Waals surface area contributed by atoms with Gasteiger partial charge >= 0.3 is 21.7 Å². The Morgan fingerprint density at radius 2 is 1.28 bits per heavy atom. The Balaban J connectivity index is -0.0000000849. The molecule has 0 aliphatic heterocycles. The predicted molar refractivity (Wildman–Crippen MR) is 79.8 cm³/mol. The van der Waals surface area contributed by atoms with Crippen molar-refractivity contribution in [3.63, 3.8) is 0 Å². The Bertz CT molecular complexity index is 98.5. The average molecular weight is 294 g/mol. The normalized spacial score (nSPS) is 7.17. The van der Waals surface area contributed by atoms with Crippen molar-refractivity contribution in [2.45, 2.75) is 58.3 Å². The molecule has 0 aromatic carbocycles. The summed E-state index contributed by atoms with van der Waals surface area (Å²) < 4.78 is 0. The first kappa shape index (κ1) is 30.9. The first-order valence-corrected chi connectivity index (χ1v) is 6.25. The smallest absolute Gasteiger partial charge is 0.400 e. The van der Waals surface area contributed by atoms with Crippen LogP contribution in [0.1, 0.15) is 58.3 Å². The van der Waals surface area contributed by atoms with Crippen LogP contribution in [-0.2, 0) is 21.7 Å². The monoisotopic (exact) mass is 294 g/mol. The molecular weight excluding hydrogens is 260 g/mol. The SMILES string of the molecule is C=C[CH-]CCCCCCCCC.CO.CO.[CH3-].[Ti+2]. The topological polar surface area (TPSA) is 40.5 Å². The number of rotatable bonds is 9. The van der Waals surface area contributed by atoms with Crippen LogP contribution >= 0.6 is 0 Å². The van der Waals surface area contributed by atoms with Gasteiger partial charge in [-0.1, -0.05) is 51.9 Å². The van der Waals surface area contributed by atoms with Crippen molar-refractivity contribution in [3.8, 4) is 0 Å². The van der Waals surface area contributed by atoms with Crippen LogP contribution in [0, 0.1) is 13.8 Å². The fourth-order valence-electron chi connectivity index (χ4n) is 1.34. The Kier molecular flexibility index (Phi) is 74.5. The molecule has 0 unspecified atom stereocenters. The van der Waals surface area contributed by atoms with Gasteiger partial charge in [0, 0.05) is 14.2 Å². The van der Waals surface area contributed by atoms with E-state index in [2.05, 4.69) is 19.9 Å². The van der Waals surface area contributed by atoms with E-state index in [1.807, 2.05) is 6.08 Å². The van der Waals surface area contributed by atoms with Crippen LogP contribution in [0.25, 0.3) is 0 Å². The molecule has 0 aromatic heterocycles. The number of unbranched alkanes of at least 4 members (excludes halogenated alkanes) is 8. The van der Waals surface area contributed by atoms with Gasteiger partial charge in [0.2, 0.25) is 0 Å². The molecule has 0 saturated carbocycles. The summed E-state index contributed by atoms with van der Waals surface area (Å²) in [6, 6.07) is 0. The van der Waals surface area contributed by atoms with E-state index in [9.17, 15) is 0 Å². The van der Waals surface area contributed by atoms with Gasteiger partial charge in [-0.25, -0.2) is 19.1 Å². The number of hydrogen-bond acceptors (Lipinski definition) is 2. The molecule has 0 amide bonds. The second-order valence-corrected chi connectivity index (χ2v) is 3.38.